The number of carboxylic acid groups (broad SMARTS) is 1. The van der Waals surface area contributed by atoms with Gasteiger partial charge in [-0.05, 0) is 24.6 Å². The van der Waals surface area contributed by atoms with Crippen LogP contribution in [0.4, 0.5) is 0 Å². The molecule has 0 amide bonds. The van der Waals surface area contributed by atoms with E-state index in [9.17, 15) is 13.2 Å². The van der Waals surface area contributed by atoms with E-state index in [4.69, 9.17) is 21.4 Å². The normalized spacial score (nSPS) is 15.9. The van der Waals surface area contributed by atoms with Crippen LogP contribution in [0.25, 0.3) is 0 Å². The topological polar surface area (TPSA) is 83.9 Å². The van der Waals surface area contributed by atoms with Gasteiger partial charge in [0.05, 0.1) is 9.92 Å². The summed E-state index contributed by atoms with van der Waals surface area (Å²) in [7, 11) is -3.61. The fourth-order valence-electron chi connectivity index (χ4n) is 1.89. The van der Waals surface area contributed by atoms with Crippen molar-refractivity contribution in [2.45, 2.75) is 11.3 Å². The molecule has 0 spiro atoms. The molecule has 21 heavy (non-hydrogen) atoms. The monoisotopic (exact) mass is 331 g/mol. The standard InChI is InChI=1S/C13H14ClNO5S/c14-11-8-10(4-5-12(11)20-9-13(16)17)21(18,19)15-6-2-1-3-7-15/h1-2,4-5,8H,3,6-7,9H2,(H,16,17). The first-order valence-electron chi connectivity index (χ1n) is 6.20. The molecule has 1 N–H and O–H groups in total. The molecule has 1 aliphatic rings. The second kappa shape index (κ2) is 6.46. The van der Waals surface area contributed by atoms with Crippen LogP contribution in [0.5, 0.6) is 5.75 Å². The maximum absolute atomic E-state index is 12.4. The molecule has 114 valence electrons. The Balaban J connectivity index is 2.22. The van der Waals surface area contributed by atoms with Crippen molar-refractivity contribution in [2.24, 2.45) is 0 Å². The lowest BCUT2D eigenvalue weighted by Gasteiger charge is -2.23. The first-order chi connectivity index (χ1) is 9.91. The molecular weight excluding hydrogens is 318 g/mol. The Morgan fingerprint density at radius 3 is 2.71 bits per heavy atom. The van der Waals surface area contributed by atoms with Crippen LogP contribution in [0.3, 0.4) is 0 Å². The van der Waals surface area contributed by atoms with Crippen LogP contribution in [-0.2, 0) is 14.8 Å². The molecule has 1 aromatic rings. The minimum atomic E-state index is -3.61. The van der Waals surface area contributed by atoms with E-state index in [1.807, 2.05) is 6.08 Å². The van der Waals surface area contributed by atoms with Gasteiger partial charge in [-0.2, -0.15) is 4.31 Å². The smallest absolute Gasteiger partial charge is 0.341 e. The Labute approximate surface area is 127 Å². The number of aliphatic carboxylic acids is 1. The minimum absolute atomic E-state index is 0.0601. The third kappa shape index (κ3) is 3.75. The molecule has 1 heterocycles. The van der Waals surface area contributed by atoms with Crippen LogP contribution in [0.15, 0.2) is 35.2 Å². The predicted molar refractivity (Wildman–Crippen MR) is 77.1 cm³/mol. The predicted octanol–water partition coefficient (Wildman–Crippen LogP) is 1.75. The Morgan fingerprint density at radius 2 is 2.14 bits per heavy atom. The van der Waals surface area contributed by atoms with Gasteiger partial charge in [-0.3, -0.25) is 0 Å². The maximum Gasteiger partial charge on any atom is 0.341 e. The van der Waals surface area contributed by atoms with Gasteiger partial charge in [-0.15, -0.1) is 0 Å². The van der Waals surface area contributed by atoms with Crippen LogP contribution in [0.1, 0.15) is 6.42 Å². The van der Waals surface area contributed by atoms with E-state index in [-0.39, 0.29) is 15.7 Å². The number of hydrogen-bond donors (Lipinski definition) is 1. The number of carbonyl (C=O) groups is 1. The molecule has 6 nitrogen and oxygen atoms in total. The van der Waals surface area contributed by atoms with Crippen molar-refractivity contribution in [3.05, 3.63) is 35.4 Å². The number of hydrogen-bond acceptors (Lipinski definition) is 4. The number of sulfonamides is 1. The SMILES string of the molecule is O=C(O)COc1ccc(S(=O)(=O)N2CC=CCC2)cc1Cl. The molecule has 0 bridgehead atoms. The molecule has 1 aliphatic heterocycles. The molecule has 0 fully saturated rings. The zero-order valence-corrected chi connectivity index (χ0v) is 12.6. The van der Waals surface area contributed by atoms with Gasteiger partial charge in [0.15, 0.2) is 6.61 Å². The van der Waals surface area contributed by atoms with E-state index in [0.717, 1.165) is 0 Å². The fourth-order valence-corrected chi connectivity index (χ4v) is 3.62. The van der Waals surface area contributed by atoms with Gasteiger partial charge in [0.25, 0.3) is 0 Å². The summed E-state index contributed by atoms with van der Waals surface area (Å²) in [6, 6.07) is 3.99. The lowest BCUT2D eigenvalue weighted by Crippen LogP contribution is -2.33. The van der Waals surface area contributed by atoms with Gasteiger partial charge < -0.3 is 9.84 Å². The number of halogens is 1. The first-order valence-corrected chi connectivity index (χ1v) is 8.02. The summed E-state index contributed by atoms with van der Waals surface area (Å²) < 4.78 is 31.1. The lowest BCUT2D eigenvalue weighted by molar-refractivity contribution is -0.139. The fraction of sp³-hybridized carbons (Fsp3) is 0.308. The zero-order chi connectivity index (χ0) is 15.5. The van der Waals surface area contributed by atoms with E-state index < -0.39 is 22.6 Å². The van der Waals surface area contributed by atoms with Crippen molar-refractivity contribution in [1.82, 2.24) is 4.31 Å². The average molecular weight is 332 g/mol. The molecule has 0 radical (unpaired) electrons. The number of nitrogens with zero attached hydrogens (tertiary/aromatic N) is 1. The molecular formula is C13H14ClNO5S. The average Bonchev–Trinajstić information content (AvgIpc) is 2.46. The van der Waals surface area contributed by atoms with Crippen LogP contribution in [0.2, 0.25) is 5.02 Å². The highest BCUT2D eigenvalue weighted by Gasteiger charge is 2.25. The molecule has 0 saturated carbocycles. The second-order valence-corrected chi connectivity index (χ2v) is 6.74. The van der Waals surface area contributed by atoms with Gasteiger partial charge in [-0.1, -0.05) is 23.8 Å². The second-order valence-electron chi connectivity index (χ2n) is 4.40. The van der Waals surface area contributed by atoms with Crippen molar-refractivity contribution in [1.29, 1.82) is 0 Å². The summed E-state index contributed by atoms with van der Waals surface area (Å²) in [5.74, 6) is -1.00. The first kappa shape index (κ1) is 15.8. The Hall–Kier alpha value is -1.57. The Bertz CT molecular complexity index is 671. The maximum atomic E-state index is 12.4. The van der Waals surface area contributed by atoms with Crippen LogP contribution in [0, 0.1) is 0 Å². The minimum Gasteiger partial charge on any atom is -0.480 e. The lowest BCUT2D eigenvalue weighted by atomic mass is 10.3. The summed E-state index contributed by atoms with van der Waals surface area (Å²) in [6.07, 6.45) is 4.40. The largest absolute Gasteiger partial charge is 0.480 e. The van der Waals surface area contributed by atoms with Gasteiger partial charge in [0, 0.05) is 13.1 Å². The van der Waals surface area contributed by atoms with E-state index in [1.54, 1.807) is 6.08 Å². The third-order valence-corrected chi connectivity index (χ3v) is 5.07. The van der Waals surface area contributed by atoms with Crippen LogP contribution < -0.4 is 4.74 Å². The van der Waals surface area contributed by atoms with Gasteiger partial charge in [0.1, 0.15) is 5.75 Å². The molecule has 0 saturated heterocycles. The van der Waals surface area contributed by atoms with Gasteiger partial charge in [-0.25, -0.2) is 13.2 Å². The summed E-state index contributed by atoms with van der Waals surface area (Å²) in [6.45, 7) is 0.216. The summed E-state index contributed by atoms with van der Waals surface area (Å²) in [5.41, 5.74) is 0. The van der Waals surface area contributed by atoms with E-state index >= 15 is 0 Å². The molecule has 0 aromatic heterocycles. The summed E-state index contributed by atoms with van der Waals surface area (Å²) in [5, 5.41) is 8.60. The van der Waals surface area contributed by atoms with Crippen molar-refractivity contribution >= 4 is 27.6 Å². The van der Waals surface area contributed by atoms with Gasteiger partial charge >= 0.3 is 5.97 Å². The Morgan fingerprint density at radius 1 is 1.38 bits per heavy atom. The number of ether oxygens (including phenoxy) is 1. The van der Waals surface area contributed by atoms with Crippen molar-refractivity contribution < 1.29 is 23.1 Å². The highest BCUT2D eigenvalue weighted by molar-refractivity contribution is 7.89. The molecule has 2 rings (SSSR count). The number of benzene rings is 1. The highest BCUT2D eigenvalue weighted by atomic mass is 35.5. The van der Waals surface area contributed by atoms with Crippen LogP contribution >= 0.6 is 11.6 Å². The molecule has 8 heteroatoms. The zero-order valence-electron chi connectivity index (χ0n) is 11.0. The summed E-state index contributed by atoms with van der Waals surface area (Å²) >= 11 is 5.94. The number of carboxylic acids is 1. The molecule has 0 unspecified atom stereocenters. The van der Waals surface area contributed by atoms with E-state index in [2.05, 4.69) is 0 Å². The molecule has 1 aromatic carbocycles. The van der Waals surface area contributed by atoms with E-state index in [1.165, 1.54) is 22.5 Å². The highest BCUT2D eigenvalue weighted by Crippen LogP contribution is 2.29. The Kier molecular flexibility index (Phi) is 4.87. The summed E-state index contributed by atoms with van der Waals surface area (Å²) in [4.78, 5) is 10.5. The van der Waals surface area contributed by atoms with Crippen molar-refractivity contribution in [3.8, 4) is 5.75 Å². The number of rotatable bonds is 5. The van der Waals surface area contributed by atoms with Crippen molar-refractivity contribution in [2.75, 3.05) is 19.7 Å². The van der Waals surface area contributed by atoms with E-state index in [0.29, 0.717) is 19.5 Å². The third-order valence-electron chi connectivity index (χ3n) is 2.91. The quantitative estimate of drug-likeness (QED) is 0.831. The molecule has 0 aliphatic carbocycles. The van der Waals surface area contributed by atoms with Crippen LogP contribution in [-0.4, -0.2) is 43.5 Å². The molecule has 0 atom stereocenters. The van der Waals surface area contributed by atoms with Gasteiger partial charge in [0.2, 0.25) is 10.0 Å². The van der Waals surface area contributed by atoms with Crippen molar-refractivity contribution in [3.63, 3.8) is 0 Å².